The molecule has 29 heavy (non-hydrogen) atoms. The van der Waals surface area contributed by atoms with Gasteiger partial charge in [0.05, 0.1) is 4.90 Å². The number of benzene rings is 2. The van der Waals surface area contributed by atoms with Crippen molar-refractivity contribution in [3.63, 3.8) is 0 Å². The largest absolute Gasteiger partial charge is 0.490 e. The van der Waals surface area contributed by atoms with Crippen molar-refractivity contribution in [2.75, 3.05) is 31.6 Å². The van der Waals surface area contributed by atoms with Crippen molar-refractivity contribution in [3.05, 3.63) is 48.0 Å². The fraction of sp³-hybridized carbons (Fsp3) is 0.350. The zero-order valence-electron chi connectivity index (χ0n) is 16.3. The number of carbonyl (C=O) groups is 1. The van der Waals surface area contributed by atoms with Gasteiger partial charge in [0.1, 0.15) is 24.2 Å². The van der Waals surface area contributed by atoms with E-state index in [0.29, 0.717) is 35.8 Å². The van der Waals surface area contributed by atoms with Crippen LogP contribution in [0.25, 0.3) is 0 Å². The molecule has 0 aliphatic carbocycles. The maximum Gasteiger partial charge on any atom is 0.262 e. The number of fused-ring (bicyclic) bond motifs is 1. The first kappa shape index (κ1) is 21.1. The van der Waals surface area contributed by atoms with E-state index in [1.807, 2.05) is 0 Å². The highest BCUT2D eigenvalue weighted by Crippen LogP contribution is 2.35. The maximum atomic E-state index is 12.6. The number of anilines is 1. The third-order valence-electron chi connectivity index (χ3n) is 4.57. The Morgan fingerprint density at radius 1 is 1.24 bits per heavy atom. The Bertz CT molecular complexity index is 988. The Labute approximate surface area is 170 Å². The smallest absolute Gasteiger partial charge is 0.262 e. The fourth-order valence-corrected chi connectivity index (χ4v) is 4.56. The number of ether oxygens (including phenoxy) is 2. The Morgan fingerprint density at radius 2 is 2.00 bits per heavy atom. The molecule has 2 N–H and O–H groups in total. The highest BCUT2D eigenvalue weighted by Gasteiger charge is 2.23. The van der Waals surface area contributed by atoms with E-state index in [1.54, 1.807) is 44.2 Å². The molecule has 1 heterocycles. The SMILES string of the molecule is CCN(CC)S(=O)(=O)c1cccc(NC(=O)COc2ccc3c(c2)OCC3O)c1. The minimum absolute atomic E-state index is 0.120. The summed E-state index contributed by atoms with van der Waals surface area (Å²) < 4.78 is 37.4. The van der Waals surface area contributed by atoms with Gasteiger partial charge < -0.3 is 19.9 Å². The summed E-state index contributed by atoms with van der Waals surface area (Å²) >= 11 is 0. The molecule has 0 saturated carbocycles. The van der Waals surface area contributed by atoms with Crippen LogP contribution < -0.4 is 14.8 Å². The molecule has 0 saturated heterocycles. The minimum Gasteiger partial charge on any atom is -0.490 e. The molecular formula is C20H24N2O6S. The van der Waals surface area contributed by atoms with Gasteiger partial charge in [0.2, 0.25) is 10.0 Å². The van der Waals surface area contributed by atoms with Crippen LogP contribution in [0.5, 0.6) is 11.5 Å². The second-order valence-corrected chi connectivity index (χ2v) is 8.42. The number of hydrogen-bond acceptors (Lipinski definition) is 6. The van der Waals surface area contributed by atoms with E-state index in [4.69, 9.17) is 9.47 Å². The molecule has 2 aromatic rings. The van der Waals surface area contributed by atoms with E-state index in [1.165, 1.54) is 16.4 Å². The van der Waals surface area contributed by atoms with Crippen LogP contribution in [0.3, 0.4) is 0 Å². The Kier molecular flexibility index (Phi) is 6.41. The predicted octanol–water partition coefficient (Wildman–Crippen LogP) is 2.16. The van der Waals surface area contributed by atoms with Gasteiger partial charge in [-0.25, -0.2) is 8.42 Å². The van der Waals surface area contributed by atoms with Crippen LogP contribution in [0.4, 0.5) is 5.69 Å². The average Bonchev–Trinajstić information content (AvgIpc) is 3.07. The lowest BCUT2D eigenvalue weighted by molar-refractivity contribution is -0.118. The number of aliphatic hydroxyl groups excluding tert-OH is 1. The monoisotopic (exact) mass is 420 g/mol. The predicted molar refractivity (Wildman–Crippen MR) is 108 cm³/mol. The molecule has 1 amide bonds. The first-order chi connectivity index (χ1) is 13.8. The van der Waals surface area contributed by atoms with Crippen LogP contribution in [0.1, 0.15) is 25.5 Å². The topological polar surface area (TPSA) is 105 Å². The number of rotatable bonds is 8. The van der Waals surface area contributed by atoms with Gasteiger partial charge in [-0.1, -0.05) is 19.9 Å². The molecule has 1 unspecified atom stereocenters. The standard InChI is InChI=1S/C20H24N2O6S/c1-3-22(4-2)29(25,26)16-7-5-6-14(10-16)21-20(24)13-27-15-8-9-17-18(23)12-28-19(17)11-15/h5-11,18,23H,3-4,12-13H2,1-2H3,(H,21,24). The van der Waals surface area contributed by atoms with Crippen molar-refractivity contribution in [1.29, 1.82) is 0 Å². The molecule has 1 aliphatic rings. The molecule has 156 valence electrons. The number of nitrogens with zero attached hydrogens (tertiary/aromatic N) is 1. The second-order valence-electron chi connectivity index (χ2n) is 6.48. The Morgan fingerprint density at radius 3 is 2.72 bits per heavy atom. The lowest BCUT2D eigenvalue weighted by Gasteiger charge is -2.18. The number of sulfonamides is 1. The first-order valence-electron chi connectivity index (χ1n) is 9.32. The summed E-state index contributed by atoms with van der Waals surface area (Å²) in [4.78, 5) is 12.3. The van der Waals surface area contributed by atoms with Crippen molar-refractivity contribution in [1.82, 2.24) is 4.31 Å². The van der Waals surface area contributed by atoms with Gasteiger partial charge in [-0.15, -0.1) is 0 Å². The number of nitrogens with one attached hydrogen (secondary N) is 1. The quantitative estimate of drug-likeness (QED) is 0.678. The van der Waals surface area contributed by atoms with Gasteiger partial charge in [-0.05, 0) is 30.3 Å². The molecule has 0 radical (unpaired) electrons. The zero-order chi connectivity index (χ0) is 21.0. The van der Waals surface area contributed by atoms with Crippen LogP contribution >= 0.6 is 0 Å². The Balaban J connectivity index is 1.63. The van der Waals surface area contributed by atoms with Crippen LogP contribution in [0.2, 0.25) is 0 Å². The average molecular weight is 420 g/mol. The normalized spacial score (nSPS) is 15.7. The van der Waals surface area contributed by atoms with Gasteiger partial charge in [-0.2, -0.15) is 4.31 Å². The van der Waals surface area contributed by atoms with Gasteiger partial charge in [0.25, 0.3) is 5.91 Å². The molecule has 0 bridgehead atoms. The lowest BCUT2D eigenvalue weighted by atomic mass is 10.1. The summed E-state index contributed by atoms with van der Waals surface area (Å²) in [5.41, 5.74) is 1.06. The van der Waals surface area contributed by atoms with Crippen LogP contribution in [0.15, 0.2) is 47.4 Å². The van der Waals surface area contributed by atoms with Gasteiger partial charge in [0.15, 0.2) is 6.61 Å². The minimum atomic E-state index is -3.61. The van der Waals surface area contributed by atoms with Crippen molar-refractivity contribution in [2.45, 2.75) is 24.8 Å². The number of carbonyl (C=O) groups excluding carboxylic acids is 1. The van der Waals surface area contributed by atoms with E-state index in [-0.39, 0.29) is 18.1 Å². The lowest BCUT2D eigenvalue weighted by Crippen LogP contribution is -2.30. The van der Waals surface area contributed by atoms with Crippen molar-refractivity contribution in [3.8, 4) is 11.5 Å². The molecule has 0 spiro atoms. The van der Waals surface area contributed by atoms with Crippen LogP contribution in [0, 0.1) is 0 Å². The van der Waals surface area contributed by atoms with Gasteiger partial charge in [0, 0.05) is 30.4 Å². The van der Waals surface area contributed by atoms with Crippen LogP contribution in [-0.4, -0.2) is 50.0 Å². The zero-order valence-corrected chi connectivity index (χ0v) is 17.1. The first-order valence-corrected chi connectivity index (χ1v) is 10.8. The molecule has 0 fully saturated rings. The molecule has 1 atom stereocenters. The summed E-state index contributed by atoms with van der Waals surface area (Å²) in [6.45, 7) is 4.22. The van der Waals surface area contributed by atoms with E-state index >= 15 is 0 Å². The molecular weight excluding hydrogens is 396 g/mol. The van der Waals surface area contributed by atoms with Gasteiger partial charge >= 0.3 is 0 Å². The summed E-state index contributed by atoms with van der Waals surface area (Å²) in [7, 11) is -3.61. The molecule has 9 heteroatoms. The van der Waals surface area contributed by atoms with Gasteiger partial charge in [-0.3, -0.25) is 4.79 Å². The van der Waals surface area contributed by atoms with E-state index in [9.17, 15) is 18.3 Å². The molecule has 0 aromatic heterocycles. The third-order valence-corrected chi connectivity index (χ3v) is 6.62. The molecule has 3 rings (SSSR count). The highest BCUT2D eigenvalue weighted by atomic mass is 32.2. The van der Waals surface area contributed by atoms with E-state index < -0.39 is 22.0 Å². The maximum absolute atomic E-state index is 12.6. The summed E-state index contributed by atoms with van der Waals surface area (Å²) in [6, 6.07) is 11.1. The Hall–Kier alpha value is -2.62. The number of amides is 1. The van der Waals surface area contributed by atoms with E-state index in [0.717, 1.165) is 0 Å². The summed E-state index contributed by atoms with van der Waals surface area (Å²) in [5, 5.41) is 12.4. The highest BCUT2D eigenvalue weighted by molar-refractivity contribution is 7.89. The number of aliphatic hydroxyl groups is 1. The van der Waals surface area contributed by atoms with Crippen molar-refractivity contribution in [2.24, 2.45) is 0 Å². The van der Waals surface area contributed by atoms with E-state index in [2.05, 4.69) is 5.32 Å². The third kappa shape index (κ3) is 4.69. The molecule has 2 aromatic carbocycles. The molecule has 8 nitrogen and oxygen atoms in total. The summed E-state index contributed by atoms with van der Waals surface area (Å²) in [6.07, 6.45) is -0.651. The second kappa shape index (κ2) is 8.81. The fourth-order valence-electron chi connectivity index (χ4n) is 3.06. The molecule has 1 aliphatic heterocycles. The van der Waals surface area contributed by atoms with Crippen molar-refractivity contribution >= 4 is 21.6 Å². The van der Waals surface area contributed by atoms with Crippen LogP contribution in [-0.2, 0) is 14.8 Å². The number of hydrogen-bond donors (Lipinski definition) is 2. The van der Waals surface area contributed by atoms with Crippen molar-refractivity contribution < 1.29 is 27.8 Å². The summed E-state index contributed by atoms with van der Waals surface area (Å²) in [5.74, 6) is 0.541.